The summed E-state index contributed by atoms with van der Waals surface area (Å²) in [6.07, 6.45) is 0. The SMILES string of the molecule is COC(=O)c1c(Br)cccc1-c1nc2c(OC)c(C(N)=O)ccc2n1CCn1c(-c2cccc(Br)c2C(=O)OC)nc2c(OC)c(C(N)=O)ccc21. The van der Waals surface area contributed by atoms with E-state index in [1.807, 2.05) is 9.13 Å². The third-order valence-electron chi connectivity index (χ3n) is 8.52. The van der Waals surface area contributed by atoms with Crippen molar-refractivity contribution >= 4 is 77.7 Å². The number of carbonyl (C=O) groups is 4. The second-order valence-corrected chi connectivity index (χ2v) is 12.9. The van der Waals surface area contributed by atoms with Crippen LogP contribution in [-0.4, -0.2) is 71.3 Å². The van der Waals surface area contributed by atoms with Gasteiger partial charge in [0, 0.05) is 33.2 Å². The summed E-state index contributed by atoms with van der Waals surface area (Å²) in [6.45, 7) is 0.385. The van der Waals surface area contributed by atoms with Gasteiger partial charge in [0.15, 0.2) is 11.5 Å². The maximum atomic E-state index is 13.1. The molecule has 0 saturated heterocycles. The zero-order chi connectivity index (χ0) is 37.4. The molecule has 52 heavy (non-hydrogen) atoms. The average Bonchev–Trinajstić information content (AvgIpc) is 3.70. The number of benzene rings is 4. The molecule has 0 spiro atoms. The quantitative estimate of drug-likeness (QED) is 0.152. The molecular formula is C36H30Br2N6O8. The molecule has 0 fully saturated rings. The van der Waals surface area contributed by atoms with Gasteiger partial charge >= 0.3 is 11.9 Å². The highest BCUT2D eigenvalue weighted by Gasteiger charge is 2.28. The lowest BCUT2D eigenvalue weighted by atomic mass is 10.1. The Kier molecular flexibility index (Phi) is 10.0. The normalized spacial score (nSPS) is 11.1. The van der Waals surface area contributed by atoms with Gasteiger partial charge in [0.05, 0.1) is 61.7 Å². The lowest BCUT2D eigenvalue weighted by Gasteiger charge is -2.16. The summed E-state index contributed by atoms with van der Waals surface area (Å²) in [4.78, 5) is 60.8. The molecule has 6 aromatic rings. The van der Waals surface area contributed by atoms with Gasteiger partial charge in [0.2, 0.25) is 0 Å². The number of amides is 2. The van der Waals surface area contributed by atoms with Crippen LogP contribution in [0.4, 0.5) is 0 Å². The summed E-state index contributed by atoms with van der Waals surface area (Å²) >= 11 is 6.97. The van der Waals surface area contributed by atoms with Crippen LogP contribution in [0.1, 0.15) is 41.4 Å². The fourth-order valence-corrected chi connectivity index (χ4v) is 7.30. The number of primary amides is 2. The minimum atomic E-state index is -0.707. The number of aromatic nitrogens is 4. The van der Waals surface area contributed by atoms with Crippen LogP contribution in [0.5, 0.6) is 11.5 Å². The largest absolute Gasteiger partial charge is 0.494 e. The molecule has 266 valence electrons. The van der Waals surface area contributed by atoms with E-state index in [0.29, 0.717) is 53.8 Å². The standard InChI is InChI=1S/C36H30Br2N6O8/c1-49-29-19(31(39)45)11-13-23-27(29)41-33(17-7-5-9-21(37)25(17)35(47)51-3)43(23)15-16-44-24-14-12-20(32(40)46)30(50-2)28(24)42-34(44)18-8-6-10-22(38)26(18)36(48)52-4/h5-14H,15-16H2,1-4H3,(H2,39,45)(H2,40,46). The van der Waals surface area contributed by atoms with Crippen molar-refractivity contribution in [3.8, 4) is 34.3 Å². The van der Waals surface area contributed by atoms with Crippen molar-refractivity contribution in [3.63, 3.8) is 0 Å². The van der Waals surface area contributed by atoms with Crippen LogP contribution in [0.2, 0.25) is 0 Å². The van der Waals surface area contributed by atoms with Gasteiger partial charge in [-0.25, -0.2) is 19.6 Å². The first-order chi connectivity index (χ1) is 25.0. The number of rotatable bonds is 11. The summed E-state index contributed by atoms with van der Waals surface area (Å²) in [6, 6.07) is 16.9. The first kappa shape index (κ1) is 36.1. The Hall–Kier alpha value is -5.74. The third-order valence-corrected chi connectivity index (χ3v) is 9.84. The number of carbonyl (C=O) groups excluding carboxylic acids is 4. The fraction of sp³-hybridized carbons (Fsp3) is 0.167. The summed E-state index contributed by atoms with van der Waals surface area (Å²) in [5.41, 5.74) is 14.7. The molecule has 0 bridgehead atoms. The van der Waals surface area contributed by atoms with E-state index in [-0.39, 0.29) is 46.8 Å². The van der Waals surface area contributed by atoms with Crippen LogP contribution >= 0.6 is 31.9 Å². The maximum absolute atomic E-state index is 13.1. The second-order valence-electron chi connectivity index (χ2n) is 11.2. The van der Waals surface area contributed by atoms with Gasteiger partial charge in [-0.1, -0.05) is 24.3 Å². The van der Waals surface area contributed by atoms with Crippen molar-refractivity contribution in [2.45, 2.75) is 13.1 Å². The van der Waals surface area contributed by atoms with E-state index >= 15 is 0 Å². The number of hydrogen-bond acceptors (Lipinski definition) is 10. The minimum absolute atomic E-state index is 0.124. The summed E-state index contributed by atoms with van der Waals surface area (Å²) in [7, 11) is 5.39. The second kappa shape index (κ2) is 14.5. The number of imidazole rings is 2. The zero-order valence-electron chi connectivity index (χ0n) is 28.2. The topological polar surface area (TPSA) is 193 Å². The Bertz CT molecular complexity index is 2290. The lowest BCUT2D eigenvalue weighted by Crippen LogP contribution is -2.14. The molecule has 2 amide bonds. The number of fused-ring (bicyclic) bond motifs is 2. The van der Waals surface area contributed by atoms with Crippen LogP contribution < -0.4 is 20.9 Å². The van der Waals surface area contributed by atoms with E-state index in [2.05, 4.69) is 31.9 Å². The predicted molar refractivity (Wildman–Crippen MR) is 199 cm³/mol. The van der Waals surface area contributed by atoms with Crippen molar-refractivity contribution in [1.29, 1.82) is 0 Å². The maximum Gasteiger partial charge on any atom is 0.339 e. The summed E-state index contributed by atoms with van der Waals surface area (Å²) < 4.78 is 26.2. The number of nitrogens with two attached hydrogens (primary N) is 2. The highest BCUT2D eigenvalue weighted by molar-refractivity contribution is 9.10. The first-order valence-corrected chi connectivity index (χ1v) is 17.0. The highest BCUT2D eigenvalue weighted by Crippen LogP contribution is 2.39. The van der Waals surface area contributed by atoms with Gasteiger partial charge in [0.1, 0.15) is 22.7 Å². The van der Waals surface area contributed by atoms with Gasteiger partial charge in [-0.2, -0.15) is 0 Å². The third kappa shape index (κ3) is 6.02. The average molecular weight is 834 g/mol. The number of aryl methyl sites for hydroxylation is 2. The predicted octanol–water partition coefficient (Wildman–Crippen LogP) is 5.73. The van der Waals surface area contributed by atoms with E-state index in [1.165, 1.54) is 28.4 Å². The Labute approximate surface area is 312 Å². The molecule has 0 unspecified atom stereocenters. The molecule has 4 N–H and O–H groups in total. The molecule has 4 aromatic carbocycles. The Balaban J connectivity index is 1.64. The molecular weight excluding hydrogens is 804 g/mol. The zero-order valence-corrected chi connectivity index (χ0v) is 31.3. The van der Waals surface area contributed by atoms with Gasteiger partial charge in [-0.3, -0.25) is 9.59 Å². The van der Waals surface area contributed by atoms with Crippen molar-refractivity contribution in [2.75, 3.05) is 28.4 Å². The van der Waals surface area contributed by atoms with E-state index in [0.717, 1.165) is 0 Å². The van der Waals surface area contributed by atoms with E-state index < -0.39 is 23.8 Å². The van der Waals surface area contributed by atoms with Crippen LogP contribution in [0.3, 0.4) is 0 Å². The molecule has 16 heteroatoms. The Morgan fingerprint density at radius 3 is 1.33 bits per heavy atom. The van der Waals surface area contributed by atoms with Gasteiger partial charge in [-0.15, -0.1) is 0 Å². The molecule has 2 heterocycles. The highest BCUT2D eigenvalue weighted by atomic mass is 79.9. The Morgan fingerprint density at radius 2 is 1.00 bits per heavy atom. The smallest absolute Gasteiger partial charge is 0.339 e. The van der Waals surface area contributed by atoms with Crippen molar-refractivity contribution in [1.82, 2.24) is 19.1 Å². The number of halogens is 2. The van der Waals surface area contributed by atoms with Crippen molar-refractivity contribution in [3.05, 3.63) is 91.9 Å². The van der Waals surface area contributed by atoms with Gasteiger partial charge < -0.3 is 39.5 Å². The van der Waals surface area contributed by atoms with Crippen LogP contribution in [0, 0.1) is 0 Å². The van der Waals surface area contributed by atoms with Gasteiger partial charge in [0.25, 0.3) is 11.8 Å². The number of nitrogens with zero attached hydrogens (tertiary/aromatic N) is 4. The van der Waals surface area contributed by atoms with Gasteiger partial charge in [-0.05, 0) is 68.3 Å². The van der Waals surface area contributed by atoms with Crippen molar-refractivity contribution < 1.29 is 38.1 Å². The first-order valence-electron chi connectivity index (χ1n) is 15.5. The number of hydrogen-bond donors (Lipinski definition) is 2. The fourth-order valence-electron chi connectivity index (χ4n) is 6.24. The molecule has 6 rings (SSSR count). The van der Waals surface area contributed by atoms with Crippen LogP contribution in [-0.2, 0) is 22.6 Å². The van der Waals surface area contributed by atoms with E-state index in [9.17, 15) is 19.2 Å². The molecule has 0 atom stereocenters. The lowest BCUT2D eigenvalue weighted by molar-refractivity contribution is 0.0591. The number of ether oxygens (including phenoxy) is 4. The van der Waals surface area contributed by atoms with Crippen LogP contribution in [0.25, 0.3) is 44.8 Å². The molecule has 0 aliphatic carbocycles. The number of methoxy groups -OCH3 is 4. The van der Waals surface area contributed by atoms with E-state index in [1.54, 1.807) is 60.7 Å². The van der Waals surface area contributed by atoms with E-state index in [4.69, 9.17) is 40.4 Å². The molecule has 2 aromatic heterocycles. The molecule has 14 nitrogen and oxygen atoms in total. The summed E-state index contributed by atoms with van der Waals surface area (Å²) in [5, 5.41) is 0. The monoisotopic (exact) mass is 832 g/mol. The molecule has 0 aliphatic rings. The minimum Gasteiger partial charge on any atom is -0.494 e. The van der Waals surface area contributed by atoms with Crippen molar-refractivity contribution in [2.24, 2.45) is 11.5 Å². The Morgan fingerprint density at radius 1 is 0.615 bits per heavy atom. The molecule has 0 saturated carbocycles. The molecule has 0 aliphatic heterocycles. The van der Waals surface area contributed by atoms with Crippen LogP contribution in [0.15, 0.2) is 69.6 Å². The number of esters is 2. The molecule has 0 radical (unpaired) electrons. The summed E-state index contributed by atoms with van der Waals surface area (Å²) in [5.74, 6) is -1.58.